The molecule has 0 saturated carbocycles. The van der Waals surface area contributed by atoms with Crippen LogP contribution in [-0.4, -0.2) is 71.9 Å². The van der Waals surface area contributed by atoms with Crippen molar-refractivity contribution >= 4 is 11.9 Å². The summed E-state index contributed by atoms with van der Waals surface area (Å²) in [5, 5.41) is 13.6. The van der Waals surface area contributed by atoms with Gasteiger partial charge in [0.2, 0.25) is 5.91 Å². The molecule has 9 atom stereocenters. The number of allylic oxidation sites excluding steroid dienone is 2. The van der Waals surface area contributed by atoms with Crippen LogP contribution in [-0.2, 0) is 28.5 Å². The lowest BCUT2D eigenvalue weighted by atomic mass is 9.87. The highest BCUT2D eigenvalue weighted by Gasteiger charge is 2.57. The van der Waals surface area contributed by atoms with E-state index in [-0.39, 0.29) is 48.3 Å². The lowest BCUT2D eigenvalue weighted by molar-refractivity contribution is -0.143. The second-order valence-corrected chi connectivity index (χ2v) is 10.3. The molecule has 196 valence electrons. The molecule has 3 aliphatic rings. The minimum Gasteiger partial charge on any atom is -0.459 e. The molecule has 0 bridgehead atoms. The van der Waals surface area contributed by atoms with Crippen LogP contribution in [0, 0.1) is 5.92 Å². The number of aliphatic hydroxyl groups excluding tert-OH is 1. The number of rotatable bonds is 8. The number of ether oxygens (including phenoxy) is 4. The molecule has 35 heavy (non-hydrogen) atoms. The summed E-state index contributed by atoms with van der Waals surface area (Å²) in [6.45, 7) is 11.8. The predicted molar refractivity (Wildman–Crippen MR) is 132 cm³/mol. The molecule has 3 saturated heterocycles. The highest BCUT2D eigenvalue weighted by Crippen LogP contribution is 2.42. The average Bonchev–Trinajstić information content (AvgIpc) is 3.54. The fourth-order valence-electron chi connectivity index (χ4n) is 4.91. The first-order valence-electron chi connectivity index (χ1n) is 12.6. The third-order valence-electron chi connectivity index (χ3n) is 7.02. The van der Waals surface area contributed by atoms with E-state index in [0.717, 1.165) is 24.8 Å². The minimum absolute atomic E-state index is 0.0546. The molecule has 3 unspecified atom stereocenters. The van der Waals surface area contributed by atoms with E-state index in [9.17, 15) is 14.7 Å². The third kappa shape index (κ3) is 7.74. The third-order valence-corrected chi connectivity index (χ3v) is 7.02. The Balaban J connectivity index is 1.47. The lowest BCUT2D eigenvalue weighted by Gasteiger charge is -2.39. The second kappa shape index (κ2) is 11.8. The summed E-state index contributed by atoms with van der Waals surface area (Å²) < 4.78 is 22.7. The Morgan fingerprint density at radius 2 is 1.91 bits per heavy atom. The van der Waals surface area contributed by atoms with Gasteiger partial charge in [-0.15, -0.1) is 0 Å². The average molecular weight is 492 g/mol. The van der Waals surface area contributed by atoms with Gasteiger partial charge < -0.3 is 29.4 Å². The van der Waals surface area contributed by atoms with Crippen molar-refractivity contribution in [1.82, 2.24) is 5.32 Å². The van der Waals surface area contributed by atoms with Crippen LogP contribution in [0.25, 0.3) is 0 Å². The number of esters is 1. The summed E-state index contributed by atoms with van der Waals surface area (Å²) in [4.78, 5) is 23.3. The maximum atomic E-state index is 12.3. The molecule has 0 aliphatic carbocycles. The molecule has 3 heterocycles. The van der Waals surface area contributed by atoms with E-state index in [1.54, 1.807) is 13.0 Å². The van der Waals surface area contributed by atoms with Gasteiger partial charge in [-0.3, -0.25) is 9.59 Å². The smallest absolute Gasteiger partial charge is 0.303 e. The number of epoxide rings is 1. The van der Waals surface area contributed by atoms with E-state index in [0.29, 0.717) is 6.61 Å². The standard InChI is InChI=1S/C27H41NO7/c1-16(8-11-24-26(31)27(15-32-27)14-19(4)34-24)7-10-23-17(2)13-22(20(5)35-23)28-25(30)12-9-18(3)33-21(6)29/h7-9,11-12,17-20,22-24,26,31H,10,13-15H2,1-6H3,(H,28,30)/b11-8+,12-9-,16-7+/t17?,18?,19-,20?,22-,23-,24+,26+,27+/m0/s1. The van der Waals surface area contributed by atoms with Crippen molar-refractivity contribution in [3.8, 4) is 0 Å². The number of carbonyl (C=O) groups is 2. The lowest BCUT2D eigenvalue weighted by Crippen LogP contribution is -2.50. The van der Waals surface area contributed by atoms with Crippen molar-refractivity contribution in [2.75, 3.05) is 6.61 Å². The van der Waals surface area contributed by atoms with Gasteiger partial charge in [-0.25, -0.2) is 0 Å². The fourth-order valence-corrected chi connectivity index (χ4v) is 4.91. The molecule has 1 amide bonds. The number of aliphatic hydroxyl groups is 1. The quantitative estimate of drug-likeness (QED) is 0.233. The number of hydrogen-bond donors (Lipinski definition) is 2. The Bertz CT molecular complexity index is 846. The van der Waals surface area contributed by atoms with Gasteiger partial charge in [0.05, 0.1) is 31.0 Å². The first-order chi connectivity index (χ1) is 16.5. The predicted octanol–water partition coefficient (Wildman–Crippen LogP) is 2.99. The zero-order valence-electron chi connectivity index (χ0n) is 21.7. The van der Waals surface area contributed by atoms with Crippen molar-refractivity contribution in [3.63, 3.8) is 0 Å². The van der Waals surface area contributed by atoms with Crippen LogP contribution in [0.5, 0.6) is 0 Å². The molecule has 8 nitrogen and oxygen atoms in total. The Hall–Kier alpha value is -2.00. The van der Waals surface area contributed by atoms with Crippen LogP contribution < -0.4 is 5.32 Å². The van der Waals surface area contributed by atoms with Gasteiger partial charge >= 0.3 is 5.97 Å². The van der Waals surface area contributed by atoms with Crippen molar-refractivity contribution < 1.29 is 33.6 Å². The maximum absolute atomic E-state index is 12.3. The van der Waals surface area contributed by atoms with E-state index >= 15 is 0 Å². The summed E-state index contributed by atoms with van der Waals surface area (Å²) >= 11 is 0. The molecular formula is C27H41NO7. The summed E-state index contributed by atoms with van der Waals surface area (Å²) in [6, 6.07) is -0.0868. The molecule has 3 fully saturated rings. The van der Waals surface area contributed by atoms with Gasteiger partial charge in [0, 0.05) is 19.4 Å². The molecule has 0 aromatic rings. The molecule has 3 aliphatic heterocycles. The normalized spacial score (nSPS) is 38.6. The van der Waals surface area contributed by atoms with Gasteiger partial charge in [-0.2, -0.15) is 0 Å². The van der Waals surface area contributed by atoms with Crippen molar-refractivity contribution in [3.05, 3.63) is 36.0 Å². The summed E-state index contributed by atoms with van der Waals surface area (Å²) in [5.74, 6) is -0.340. The number of hydrogen-bond acceptors (Lipinski definition) is 7. The molecule has 0 aromatic heterocycles. The number of amides is 1. The van der Waals surface area contributed by atoms with Crippen LogP contribution in [0.1, 0.15) is 60.8 Å². The molecular weight excluding hydrogens is 450 g/mol. The van der Waals surface area contributed by atoms with Crippen molar-refractivity contribution in [1.29, 1.82) is 0 Å². The van der Waals surface area contributed by atoms with E-state index < -0.39 is 17.8 Å². The van der Waals surface area contributed by atoms with Gasteiger partial charge in [0.1, 0.15) is 23.9 Å². The molecule has 0 aromatic carbocycles. The maximum Gasteiger partial charge on any atom is 0.303 e. The first-order valence-corrected chi connectivity index (χ1v) is 12.6. The molecule has 8 heteroatoms. The highest BCUT2D eigenvalue weighted by atomic mass is 16.6. The van der Waals surface area contributed by atoms with Crippen LogP contribution in [0.2, 0.25) is 0 Å². The van der Waals surface area contributed by atoms with Crippen LogP contribution in [0.15, 0.2) is 36.0 Å². The van der Waals surface area contributed by atoms with Crippen LogP contribution in [0.3, 0.4) is 0 Å². The van der Waals surface area contributed by atoms with Crippen LogP contribution >= 0.6 is 0 Å². The SMILES string of the molecule is CC(=O)OC(C)/C=C\C(=O)N[C@H]1CC(C)[C@H](C/C=C(C)/C=C/[C@H]2O[C@@H](C)C[C@@]3(CO3)[C@@H]2O)OC1C. The largest absolute Gasteiger partial charge is 0.459 e. The summed E-state index contributed by atoms with van der Waals surface area (Å²) in [5.41, 5.74) is 0.657. The fraction of sp³-hybridized carbons (Fsp3) is 0.704. The van der Waals surface area contributed by atoms with Gasteiger partial charge in [-0.05, 0) is 52.5 Å². The van der Waals surface area contributed by atoms with Crippen molar-refractivity contribution in [2.45, 2.75) is 109 Å². The zero-order chi connectivity index (χ0) is 25.8. The summed E-state index contributed by atoms with van der Waals surface area (Å²) in [7, 11) is 0. The number of carbonyl (C=O) groups excluding carboxylic acids is 2. The first kappa shape index (κ1) is 27.6. The highest BCUT2D eigenvalue weighted by molar-refractivity contribution is 5.87. The molecule has 2 N–H and O–H groups in total. The monoisotopic (exact) mass is 491 g/mol. The Kier molecular flexibility index (Phi) is 9.32. The van der Waals surface area contributed by atoms with Gasteiger partial charge in [-0.1, -0.05) is 30.7 Å². The van der Waals surface area contributed by atoms with E-state index in [4.69, 9.17) is 18.9 Å². The van der Waals surface area contributed by atoms with Crippen molar-refractivity contribution in [2.24, 2.45) is 5.92 Å². The Morgan fingerprint density at radius 1 is 1.20 bits per heavy atom. The van der Waals surface area contributed by atoms with Crippen LogP contribution in [0.4, 0.5) is 0 Å². The molecule has 1 spiro atoms. The molecule has 0 radical (unpaired) electrons. The van der Waals surface area contributed by atoms with E-state index in [1.807, 2.05) is 32.9 Å². The molecule has 3 rings (SSSR count). The second-order valence-electron chi connectivity index (χ2n) is 10.3. The van der Waals surface area contributed by atoms with Gasteiger partial charge in [0.15, 0.2) is 0 Å². The summed E-state index contributed by atoms with van der Waals surface area (Å²) in [6.07, 6.45) is 9.86. The Morgan fingerprint density at radius 3 is 2.57 bits per heavy atom. The van der Waals surface area contributed by atoms with E-state index in [2.05, 4.69) is 18.3 Å². The Labute approximate surface area is 208 Å². The zero-order valence-corrected chi connectivity index (χ0v) is 21.7. The minimum atomic E-state index is -0.642. The van der Waals surface area contributed by atoms with E-state index in [1.165, 1.54) is 13.0 Å². The van der Waals surface area contributed by atoms with Gasteiger partial charge in [0.25, 0.3) is 0 Å². The topological polar surface area (TPSA) is 107 Å². The number of nitrogens with one attached hydrogen (secondary N) is 1.